The average molecular weight is 445 g/mol. The monoisotopic (exact) mass is 445 g/mol. The smallest absolute Gasteiger partial charge is 0.272 e. The summed E-state index contributed by atoms with van der Waals surface area (Å²) < 4.78 is 21.9. The number of aromatic nitrogens is 2. The number of epoxide rings is 1. The van der Waals surface area contributed by atoms with Crippen molar-refractivity contribution in [2.75, 3.05) is 13.2 Å². The van der Waals surface area contributed by atoms with E-state index < -0.39 is 0 Å². The lowest BCUT2D eigenvalue weighted by Crippen LogP contribution is -2.51. The molecule has 0 aliphatic carbocycles. The first-order valence-corrected chi connectivity index (χ1v) is 11.4. The molecule has 168 valence electrons. The molecule has 0 radical (unpaired) electrons. The quantitative estimate of drug-likeness (QED) is 0.574. The van der Waals surface area contributed by atoms with Crippen LogP contribution in [0.5, 0.6) is 0 Å². The standard InChI is InChI=1S/C26H24FN3O3/c1-15-17(9-5-10-18(15)27)22(16-7-3-2-4-8-16)24-19-11-6-12-29(19)26(32)25-23(21-14-33-21)20(31)13-28-30(24)25/h2-5,7-10,13,19,21-22,24H,6,11-12,14H2,1H3/t19-,21?,22-,24-/m1/s1. The summed E-state index contributed by atoms with van der Waals surface area (Å²) in [5.41, 5.74) is 2.92. The number of carbonyl (C=O) groups is 1. The number of fused-ring (bicyclic) bond motifs is 2. The van der Waals surface area contributed by atoms with Crippen LogP contribution in [0.15, 0.2) is 59.5 Å². The van der Waals surface area contributed by atoms with Crippen molar-refractivity contribution in [2.24, 2.45) is 0 Å². The van der Waals surface area contributed by atoms with Crippen LogP contribution >= 0.6 is 0 Å². The summed E-state index contributed by atoms with van der Waals surface area (Å²) in [7, 11) is 0. The van der Waals surface area contributed by atoms with Gasteiger partial charge in [-0.05, 0) is 42.5 Å². The number of amides is 1. The largest absolute Gasteiger partial charge is 0.368 e. The molecule has 6 rings (SSSR count). The van der Waals surface area contributed by atoms with Gasteiger partial charge in [0.1, 0.15) is 17.6 Å². The van der Waals surface area contributed by atoms with Crippen LogP contribution in [0.3, 0.4) is 0 Å². The molecule has 0 bridgehead atoms. The van der Waals surface area contributed by atoms with Gasteiger partial charge in [-0.3, -0.25) is 14.3 Å². The fourth-order valence-corrected chi connectivity index (χ4v) is 5.69. The van der Waals surface area contributed by atoms with Crippen LogP contribution in [-0.2, 0) is 4.74 Å². The maximum absolute atomic E-state index is 14.7. The molecule has 2 aromatic carbocycles. The Kier molecular flexibility index (Phi) is 4.69. The second-order valence-electron chi connectivity index (χ2n) is 9.08. The molecule has 33 heavy (non-hydrogen) atoms. The van der Waals surface area contributed by atoms with E-state index in [0.29, 0.717) is 30.0 Å². The fraction of sp³-hybridized carbons (Fsp3) is 0.346. The summed E-state index contributed by atoms with van der Waals surface area (Å²) in [5, 5.41) is 4.51. The highest BCUT2D eigenvalue weighted by Gasteiger charge is 2.49. The van der Waals surface area contributed by atoms with Crippen molar-refractivity contribution < 1.29 is 13.9 Å². The predicted molar refractivity (Wildman–Crippen MR) is 120 cm³/mol. The van der Waals surface area contributed by atoms with Crippen LogP contribution in [0.25, 0.3) is 0 Å². The first-order chi connectivity index (χ1) is 16.1. The van der Waals surface area contributed by atoms with Gasteiger partial charge in [0.25, 0.3) is 5.91 Å². The van der Waals surface area contributed by atoms with E-state index in [9.17, 15) is 14.0 Å². The summed E-state index contributed by atoms with van der Waals surface area (Å²) in [6.45, 7) is 2.86. The lowest BCUT2D eigenvalue weighted by Gasteiger charge is -2.43. The van der Waals surface area contributed by atoms with Crippen molar-refractivity contribution in [3.05, 3.63) is 98.7 Å². The Hall–Kier alpha value is -3.32. The topological polar surface area (TPSA) is 67.7 Å². The summed E-state index contributed by atoms with van der Waals surface area (Å²) >= 11 is 0. The van der Waals surface area contributed by atoms with Gasteiger partial charge < -0.3 is 9.64 Å². The third kappa shape index (κ3) is 3.14. The van der Waals surface area contributed by atoms with Gasteiger partial charge in [0.2, 0.25) is 5.43 Å². The predicted octanol–water partition coefficient (Wildman–Crippen LogP) is 3.75. The lowest BCUT2D eigenvalue weighted by atomic mass is 9.78. The van der Waals surface area contributed by atoms with E-state index in [2.05, 4.69) is 5.10 Å². The second-order valence-corrected chi connectivity index (χ2v) is 9.08. The number of carbonyl (C=O) groups excluding carboxylic acids is 1. The van der Waals surface area contributed by atoms with E-state index in [0.717, 1.165) is 24.0 Å². The van der Waals surface area contributed by atoms with Gasteiger partial charge in [0.15, 0.2) is 0 Å². The summed E-state index contributed by atoms with van der Waals surface area (Å²) in [4.78, 5) is 28.2. The Morgan fingerprint density at radius 2 is 1.91 bits per heavy atom. The SMILES string of the molecule is Cc1c(F)cccc1[C@@H](c1ccccc1)[C@H]1[C@H]2CCCN2C(=O)c2c(C3CO3)c(=O)cnn21. The third-order valence-electron chi connectivity index (χ3n) is 7.29. The van der Waals surface area contributed by atoms with Crippen LogP contribution in [0.1, 0.15) is 63.6 Å². The van der Waals surface area contributed by atoms with Gasteiger partial charge in [-0.2, -0.15) is 5.10 Å². The minimum atomic E-state index is -0.364. The van der Waals surface area contributed by atoms with Crippen LogP contribution < -0.4 is 5.43 Å². The minimum Gasteiger partial charge on any atom is -0.368 e. The number of hydrogen-bond acceptors (Lipinski definition) is 4. The van der Waals surface area contributed by atoms with Gasteiger partial charge in [-0.25, -0.2) is 4.39 Å². The molecule has 2 saturated heterocycles. The first-order valence-electron chi connectivity index (χ1n) is 11.4. The zero-order valence-corrected chi connectivity index (χ0v) is 18.3. The average Bonchev–Trinajstić information content (AvgIpc) is 3.54. The van der Waals surface area contributed by atoms with Crippen molar-refractivity contribution in [1.82, 2.24) is 14.7 Å². The highest BCUT2D eigenvalue weighted by Crippen LogP contribution is 2.47. The third-order valence-corrected chi connectivity index (χ3v) is 7.29. The number of halogens is 1. The van der Waals surface area contributed by atoms with Gasteiger partial charge >= 0.3 is 0 Å². The number of nitrogens with zero attached hydrogens (tertiary/aromatic N) is 3. The molecule has 0 spiro atoms. The van der Waals surface area contributed by atoms with Crippen LogP contribution in [0, 0.1) is 12.7 Å². The Morgan fingerprint density at radius 1 is 1.12 bits per heavy atom. The van der Waals surface area contributed by atoms with Crippen molar-refractivity contribution >= 4 is 5.91 Å². The first kappa shape index (κ1) is 20.3. The van der Waals surface area contributed by atoms with Gasteiger partial charge in [-0.1, -0.05) is 42.5 Å². The molecule has 4 heterocycles. The maximum Gasteiger partial charge on any atom is 0.272 e. The van der Waals surface area contributed by atoms with E-state index in [1.165, 1.54) is 12.3 Å². The van der Waals surface area contributed by atoms with Gasteiger partial charge in [-0.15, -0.1) is 0 Å². The van der Waals surface area contributed by atoms with E-state index in [-0.39, 0.29) is 41.3 Å². The molecule has 1 aromatic heterocycles. The Bertz CT molecular complexity index is 1300. The molecule has 1 amide bonds. The summed E-state index contributed by atoms with van der Waals surface area (Å²) in [6.07, 6.45) is 2.64. The van der Waals surface area contributed by atoms with Crippen molar-refractivity contribution in [2.45, 2.75) is 43.9 Å². The highest BCUT2D eigenvalue weighted by atomic mass is 19.1. The Labute approximate surface area is 190 Å². The van der Waals surface area contributed by atoms with Crippen molar-refractivity contribution in [3.8, 4) is 0 Å². The Balaban J connectivity index is 1.64. The van der Waals surface area contributed by atoms with E-state index >= 15 is 0 Å². The van der Waals surface area contributed by atoms with Crippen molar-refractivity contribution in [3.63, 3.8) is 0 Å². The molecule has 3 aromatic rings. The lowest BCUT2D eigenvalue weighted by molar-refractivity contribution is 0.0568. The fourth-order valence-electron chi connectivity index (χ4n) is 5.69. The number of ether oxygens (including phenoxy) is 1. The second kappa shape index (κ2) is 7.63. The molecule has 6 nitrogen and oxygen atoms in total. The number of benzene rings is 2. The number of rotatable bonds is 4. The molecule has 0 N–H and O–H groups in total. The normalized spacial score (nSPS) is 24.4. The molecule has 2 fully saturated rings. The maximum atomic E-state index is 14.7. The number of hydrogen-bond donors (Lipinski definition) is 0. The molecule has 1 unspecified atom stereocenters. The molecule has 3 aliphatic heterocycles. The Morgan fingerprint density at radius 3 is 2.67 bits per heavy atom. The molecular weight excluding hydrogens is 421 g/mol. The molecule has 3 aliphatic rings. The van der Waals surface area contributed by atoms with Crippen LogP contribution in [-0.4, -0.2) is 39.8 Å². The van der Waals surface area contributed by atoms with Crippen LogP contribution in [0.4, 0.5) is 4.39 Å². The molecular formula is C26H24FN3O3. The van der Waals surface area contributed by atoms with Crippen LogP contribution in [0.2, 0.25) is 0 Å². The minimum absolute atomic E-state index is 0.0964. The van der Waals surface area contributed by atoms with Crippen molar-refractivity contribution in [1.29, 1.82) is 0 Å². The van der Waals surface area contributed by atoms with E-state index in [1.54, 1.807) is 17.7 Å². The van der Waals surface area contributed by atoms with Gasteiger partial charge in [0, 0.05) is 12.5 Å². The zero-order valence-electron chi connectivity index (χ0n) is 18.3. The summed E-state index contributed by atoms with van der Waals surface area (Å²) in [6, 6.07) is 14.8. The zero-order chi connectivity index (χ0) is 22.7. The summed E-state index contributed by atoms with van der Waals surface area (Å²) in [5.74, 6) is -0.668. The van der Waals surface area contributed by atoms with E-state index in [1.807, 2.05) is 41.3 Å². The molecule has 7 heteroatoms. The molecule has 0 saturated carbocycles. The van der Waals surface area contributed by atoms with Gasteiger partial charge in [0.05, 0.1) is 30.5 Å². The molecule has 4 atom stereocenters. The van der Waals surface area contributed by atoms with E-state index in [4.69, 9.17) is 4.74 Å². The highest BCUT2D eigenvalue weighted by molar-refractivity contribution is 5.95.